The number of rotatable bonds is 6. The lowest BCUT2D eigenvalue weighted by atomic mass is 9.76. The van der Waals surface area contributed by atoms with E-state index >= 15 is 0 Å². The molecule has 0 amide bonds. The Kier molecular flexibility index (Phi) is 5.59. The first-order valence-corrected chi connectivity index (χ1v) is 7.79. The molecule has 3 nitrogen and oxygen atoms in total. The minimum atomic E-state index is -0.332. The fourth-order valence-electron chi connectivity index (χ4n) is 3.45. The zero-order valence-corrected chi connectivity index (χ0v) is 13.2. The first-order valence-electron chi connectivity index (χ1n) is 7.79. The van der Waals surface area contributed by atoms with E-state index in [0.717, 1.165) is 32.2 Å². The molecule has 1 saturated carbocycles. The molecule has 0 spiro atoms. The molecule has 4 heteroatoms. The highest BCUT2D eigenvalue weighted by atomic mass is 19.1. The van der Waals surface area contributed by atoms with E-state index in [2.05, 4.69) is 5.32 Å². The van der Waals surface area contributed by atoms with Gasteiger partial charge in [-0.1, -0.05) is 38.3 Å². The second-order valence-electron chi connectivity index (χ2n) is 5.68. The molecule has 0 bridgehead atoms. The first kappa shape index (κ1) is 16.2. The van der Waals surface area contributed by atoms with Gasteiger partial charge in [0.15, 0.2) is 11.6 Å². The summed E-state index contributed by atoms with van der Waals surface area (Å²) >= 11 is 0. The van der Waals surface area contributed by atoms with E-state index in [4.69, 9.17) is 9.47 Å². The van der Waals surface area contributed by atoms with Gasteiger partial charge < -0.3 is 14.8 Å². The van der Waals surface area contributed by atoms with E-state index < -0.39 is 0 Å². The Morgan fingerprint density at radius 2 is 1.95 bits per heavy atom. The van der Waals surface area contributed by atoms with E-state index in [1.807, 2.05) is 19.1 Å². The predicted octanol–water partition coefficient (Wildman–Crippen LogP) is 3.83. The molecule has 1 fully saturated rings. The number of hydrogen-bond donors (Lipinski definition) is 1. The third-order valence-corrected chi connectivity index (χ3v) is 4.56. The molecular formula is C17H26FNO2. The highest BCUT2D eigenvalue weighted by Gasteiger charge is 2.41. The summed E-state index contributed by atoms with van der Waals surface area (Å²) in [5.74, 6) is 0.00501. The van der Waals surface area contributed by atoms with Crippen LogP contribution in [-0.2, 0) is 4.74 Å². The fourth-order valence-corrected chi connectivity index (χ4v) is 3.45. The van der Waals surface area contributed by atoms with Gasteiger partial charge in [-0.25, -0.2) is 4.39 Å². The molecule has 0 saturated heterocycles. The van der Waals surface area contributed by atoms with E-state index in [0.29, 0.717) is 5.56 Å². The van der Waals surface area contributed by atoms with E-state index in [9.17, 15) is 4.39 Å². The van der Waals surface area contributed by atoms with Crippen LogP contribution in [0, 0.1) is 5.82 Å². The Hall–Kier alpha value is -1.13. The van der Waals surface area contributed by atoms with Crippen molar-refractivity contribution in [3.05, 3.63) is 29.6 Å². The molecule has 2 rings (SSSR count). The molecule has 118 valence electrons. The van der Waals surface area contributed by atoms with Crippen LogP contribution in [0.4, 0.5) is 4.39 Å². The normalized spacial score (nSPS) is 19.2. The second kappa shape index (κ2) is 7.23. The van der Waals surface area contributed by atoms with Crippen molar-refractivity contribution in [3.8, 4) is 5.75 Å². The summed E-state index contributed by atoms with van der Waals surface area (Å²) in [5, 5.41) is 3.43. The van der Waals surface area contributed by atoms with Crippen LogP contribution in [0.5, 0.6) is 5.75 Å². The molecule has 21 heavy (non-hydrogen) atoms. The number of methoxy groups -OCH3 is 2. The van der Waals surface area contributed by atoms with Gasteiger partial charge in [-0.3, -0.25) is 0 Å². The summed E-state index contributed by atoms with van der Waals surface area (Å²) < 4.78 is 25.7. The zero-order chi connectivity index (χ0) is 15.3. The molecule has 1 aromatic carbocycles. The Bertz CT molecular complexity index is 458. The molecular weight excluding hydrogens is 269 g/mol. The van der Waals surface area contributed by atoms with Gasteiger partial charge in [0, 0.05) is 12.7 Å². The Balaban J connectivity index is 2.42. The van der Waals surface area contributed by atoms with Crippen molar-refractivity contribution in [1.29, 1.82) is 0 Å². The monoisotopic (exact) mass is 295 g/mol. The molecule has 0 aromatic heterocycles. The third-order valence-electron chi connectivity index (χ3n) is 4.56. The Morgan fingerprint density at radius 1 is 1.24 bits per heavy atom. The van der Waals surface area contributed by atoms with E-state index in [-0.39, 0.29) is 23.2 Å². The maximum absolute atomic E-state index is 14.7. The molecule has 1 aromatic rings. The predicted molar refractivity (Wildman–Crippen MR) is 82.2 cm³/mol. The summed E-state index contributed by atoms with van der Waals surface area (Å²) in [7, 11) is 3.24. The Labute approximate surface area is 126 Å². The van der Waals surface area contributed by atoms with Crippen molar-refractivity contribution in [2.24, 2.45) is 0 Å². The van der Waals surface area contributed by atoms with Gasteiger partial charge in [-0.2, -0.15) is 0 Å². The maximum atomic E-state index is 14.7. The molecule has 1 aliphatic carbocycles. The van der Waals surface area contributed by atoms with Crippen LogP contribution >= 0.6 is 0 Å². The highest BCUT2D eigenvalue weighted by Crippen LogP contribution is 2.42. The van der Waals surface area contributed by atoms with E-state index in [1.165, 1.54) is 13.5 Å². The SMILES string of the molecule is CCNC(c1cccc(OC)c1F)C1(OC)CCCCC1. The number of benzene rings is 1. The van der Waals surface area contributed by atoms with Gasteiger partial charge in [-0.15, -0.1) is 0 Å². The fraction of sp³-hybridized carbons (Fsp3) is 0.647. The summed E-state index contributed by atoms with van der Waals surface area (Å²) in [4.78, 5) is 0. The van der Waals surface area contributed by atoms with Crippen molar-refractivity contribution >= 4 is 0 Å². The summed E-state index contributed by atoms with van der Waals surface area (Å²) in [6, 6.07) is 5.18. The smallest absolute Gasteiger partial charge is 0.169 e. The van der Waals surface area contributed by atoms with Crippen LogP contribution < -0.4 is 10.1 Å². The quantitative estimate of drug-likeness (QED) is 0.865. The first-order chi connectivity index (χ1) is 10.2. The van der Waals surface area contributed by atoms with Crippen LogP contribution in [0.15, 0.2) is 18.2 Å². The molecule has 0 heterocycles. The van der Waals surface area contributed by atoms with Crippen LogP contribution in [0.2, 0.25) is 0 Å². The Morgan fingerprint density at radius 3 is 2.52 bits per heavy atom. The van der Waals surface area contributed by atoms with Crippen molar-refractivity contribution in [2.75, 3.05) is 20.8 Å². The average Bonchev–Trinajstić information content (AvgIpc) is 2.54. The minimum absolute atomic E-state index is 0.150. The third kappa shape index (κ3) is 3.22. The number of halogens is 1. The lowest BCUT2D eigenvalue weighted by molar-refractivity contribution is -0.0692. The van der Waals surface area contributed by atoms with Gasteiger partial charge in [0.05, 0.1) is 18.8 Å². The van der Waals surface area contributed by atoms with Gasteiger partial charge in [0.1, 0.15) is 0 Å². The minimum Gasteiger partial charge on any atom is -0.494 e. The highest BCUT2D eigenvalue weighted by molar-refractivity contribution is 5.34. The van der Waals surface area contributed by atoms with Crippen molar-refractivity contribution in [2.45, 2.75) is 50.7 Å². The van der Waals surface area contributed by atoms with Crippen molar-refractivity contribution in [3.63, 3.8) is 0 Å². The lowest BCUT2D eigenvalue weighted by Gasteiger charge is -2.43. The maximum Gasteiger partial charge on any atom is 0.169 e. The number of hydrogen-bond acceptors (Lipinski definition) is 3. The summed E-state index contributed by atoms with van der Waals surface area (Å²) in [6.07, 6.45) is 5.39. The second-order valence-corrected chi connectivity index (χ2v) is 5.68. The average molecular weight is 295 g/mol. The standard InChI is InChI=1S/C17H26FNO2/c1-4-19-16(17(21-3)11-6-5-7-12-17)13-9-8-10-14(20-2)15(13)18/h8-10,16,19H,4-7,11-12H2,1-3H3. The van der Waals surface area contributed by atoms with Crippen molar-refractivity contribution < 1.29 is 13.9 Å². The molecule has 0 aliphatic heterocycles. The van der Waals surface area contributed by atoms with Crippen molar-refractivity contribution in [1.82, 2.24) is 5.32 Å². The summed E-state index contributed by atoms with van der Waals surface area (Å²) in [6.45, 7) is 2.81. The number of likely N-dealkylation sites (N-methyl/N-ethyl adjacent to an activating group) is 1. The van der Waals surface area contributed by atoms with Gasteiger partial charge >= 0.3 is 0 Å². The molecule has 1 aliphatic rings. The number of nitrogens with one attached hydrogen (secondary N) is 1. The molecule has 1 atom stereocenters. The van der Waals surface area contributed by atoms with Gasteiger partial charge in [-0.05, 0) is 25.5 Å². The topological polar surface area (TPSA) is 30.5 Å². The molecule has 0 radical (unpaired) electrons. The van der Waals surface area contributed by atoms with Crippen LogP contribution in [0.1, 0.15) is 50.6 Å². The largest absolute Gasteiger partial charge is 0.494 e. The molecule has 1 unspecified atom stereocenters. The van der Waals surface area contributed by atoms with Crippen LogP contribution in [-0.4, -0.2) is 26.4 Å². The van der Waals surface area contributed by atoms with Crippen LogP contribution in [0.3, 0.4) is 0 Å². The number of ether oxygens (including phenoxy) is 2. The zero-order valence-electron chi connectivity index (χ0n) is 13.2. The van der Waals surface area contributed by atoms with Gasteiger partial charge in [0.25, 0.3) is 0 Å². The van der Waals surface area contributed by atoms with Crippen LogP contribution in [0.25, 0.3) is 0 Å². The van der Waals surface area contributed by atoms with E-state index in [1.54, 1.807) is 13.2 Å². The van der Waals surface area contributed by atoms with Gasteiger partial charge in [0.2, 0.25) is 0 Å². The summed E-state index contributed by atoms with van der Waals surface area (Å²) in [5.41, 5.74) is 0.307. The lowest BCUT2D eigenvalue weighted by Crippen LogP contribution is -2.47. The molecule has 1 N–H and O–H groups in total.